The van der Waals surface area contributed by atoms with Crippen LogP contribution in [0.3, 0.4) is 0 Å². The van der Waals surface area contributed by atoms with Gasteiger partial charge in [-0.15, -0.1) is 0 Å². The summed E-state index contributed by atoms with van der Waals surface area (Å²) in [5.41, 5.74) is 0.608. The van der Waals surface area contributed by atoms with Crippen molar-refractivity contribution in [2.75, 3.05) is 13.7 Å². The molecule has 0 radical (unpaired) electrons. The number of hydrogen-bond acceptors (Lipinski definition) is 6. The van der Waals surface area contributed by atoms with Crippen LogP contribution in [0.2, 0.25) is 0 Å². The molecule has 3 unspecified atom stereocenters. The zero-order chi connectivity index (χ0) is 26.3. The van der Waals surface area contributed by atoms with Gasteiger partial charge < -0.3 is 14.4 Å². The van der Waals surface area contributed by atoms with E-state index in [2.05, 4.69) is 22.0 Å². The first-order valence-electron chi connectivity index (χ1n) is 12.3. The largest absolute Gasteiger partial charge is 0.494 e. The maximum Gasteiger partial charge on any atom is 0.410 e. The summed E-state index contributed by atoms with van der Waals surface area (Å²) < 4.78 is 27.3. The molecule has 0 saturated carbocycles. The van der Waals surface area contributed by atoms with Crippen LogP contribution in [0.15, 0.2) is 39.6 Å². The van der Waals surface area contributed by atoms with Gasteiger partial charge in [-0.05, 0) is 65.9 Å². The predicted octanol–water partition coefficient (Wildman–Crippen LogP) is 5.42. The molecule has 37 heavy (non-hydrogen) atoms. The lowest BCUT2D eigenvalue weighted by Crippen LogP contribution is -2.37. The third-order valence-corrected chi connectivity index (χ3v) is 7.88. The highest BCUT2D eigenvalue weighted by Crippen LogP contribution is 2.47. The van der Waals surface area contributed by atoms with Crippen molar-refractivity contribution in [1.29, 1.82) is 5.26 Å². The summed E-state index contributed by atoms with van der Waals surface area (Å²) in [6, 6.07) is 9.29. The maximum absolute atomic E-state index is 14.8. The lowest BCUT2D eigenvalue weighted by atomic mass is 9.88. The molecule has 2 aliphatic rings. The monoisotopic (exact) mass is 568 g/mol. The van der Waals surface area contributed by atoms with Gasteiger partial charge >= 0.3 is 6.09 Å². The summed E-state index contributed by atoms with van der Waals surface area (Å²) in [7, 11) is 1.37. The van der Waals surface area contributed by atoms with E-state index in [1.54, 1.807) is 17.0 Å². The van der Waals surface area contributed by atoms with Crippen molar-refractivity contribution in [3.05, 3.63) is 62.4 Å². The second-order valence-electron chi connectivity index (χ2n) is 9.41. The molecule has 2 aromatic carbocycles. The SMILES string of the molecule is CCCCOC(=O)N1C2CCC1C(c1nc3c(Br)cc(C#N)cc3c(=O)n1-c1ccc(OC)c(F)c1)C2. The smallest absolute Gasteiger partial charge is 0.410 e. The third-order valence-electron chi connectivity index (χ3n) is 7.28. The van der Waals surface area contributed by atoms with Crippen LogP contribution in [0.4, 0.5) is 9.18 Å². The number of benzene rings is 2. The molecule has 2 saturated heterocycles. The number of halogens is 2. The number of carbonyl (C=O) groups excluding carboxylic acids is 1. The Kier molecular flexibility index (Phi) is 6.90. The highest BCUT2D eigenvalue weighted by Gasteiger charge is 2.51. The number of rotatable bonds is 6. The summed E-state index contributed by atoms with van der Waals surface area (Å²) in [6.45, 7) is 2.40. The van der Waals surface area contributed by atoms with Crippen LogP contribution in [0.1, 0.15) is 56.3 Å². The molecule has 0 spiro atoms. The first kappa shape index (κ1) is 25.2. The standard InChI is InChI=1S/C27H26BrFN4O4/c1-3-4-9-37-27(35)32-16-5-7-22(32)18(12-16)25-31-24-19(10-15(14-30)11-20(24)28)26(34)33(25)17-6-8-23(36-2)21(29)13-17/h6,8,10-11,13,16,18,22H,3-5,7,9,12H2,1-2H3. The van der Waals surface area contributed by atoms with E-state index in [0.29, 0.717) is 40.1 Å². The van der Waals surface area contributed by atoms with Crippen LogP contribution < -0.4 is 10.3 Å². The van der Waals surface area contributed by atoms with Crippen molar-refractivity contribution in [3.63, 3.8) is 0 Å². The molecule has 0 N–H and O–H groups in total. The second-order valence-corrected chi connectivity index (χ2v) is 10.3. The Bertz CT molecular complexity index is 1480. The molecule has 2 fully saturated rings. The lowest BCUT2D eigenvalue weighted by Gasteiger charge is -2.26. The van der Waals surface area contributed by atoms with Crippen molar-refractivity contribution in [1.82, 2.24) is 14.5 Å². The minimum Gasteiger partial charge on any atom is -0.494 e. The minimum atomic E-state index is -0.612. The summed E-state index contributed by atoms with van der Waals surface area (Å²) >= 11 is 3.47. The van der Waals surface area contributed by atoms with E-state index in [9.17, 15) is 19.2 Å². The van der Waals surface area contributed by atoms with Gasteiger partial charge in [-0.3, -0.25) is 9.36 Å². The van der Waals surface area contributed by atoms with Gasteiger partial charge in [0.15, 0.2) is 11.6 Å². The van der Waals surface area contributed by atoms with Gasteiger partial charge in [0.25, 0.3) is 5.56 Å². The number of carbonyl (C=O) groups is 1. The number of methoxy groups -OCH3 is 1. The fourth-order valence-corrected chi connectivity index (χ4v) is 6.10. The van der Waals surface area contributed by atoms with E-state index in [-0.39, 0.29) is 35.2 Å². The molecule has 3 heterocycles. The summed E-state index contributed by atoms with van der Waals surface area (Å²) in [5, 5.41) is 9.68. The normalized spacial score (nSPS) is 20.3. The number of nitriles is 1. The van der Waals surface area contributed by atoms with Crippen molar-refractivity contribution >= 4 is 32.9 Å². The van der Waals surface area contributed by atoms with Crippen LogP contribution in [0.5, 0.6) is 5.75 Å². The van der Waals surface area contributed by atoms with E-state index in [1.807, 2.05) is 6.92 Å². The van der Waals surface area contributed by atoms with Gasteiger partial charge in [-0.25, -0.2) is 14.2 Å². The molecule has 192 valence electrons. The van der Waals surface area contributed by atoms with Gasteiger partial charge in [-0.2, -0.15) is 5.26 Å². The first-order valence-corrected chi connectivity index (χ1v) is 13.1. The Hall–Kier alpha value is -3.45. The topological polar surface area (TPSA) is 97.5 Å². The van der Waals surface area contributed by atoms with Crippen LogP contribution in [-0.2, 0) is 4.74 Å². The molecule has 3 atom stereocenters. The van der Waals surface area contributed by atoms with Gasteiger partial charge in [0.1, 0.15) is 5.82 Å². The van der Waals surface area contributed by atoms with E-state index in [1.165, 1.54) is 29.9 Å². The molecule has 5 rings (SSSR count). The van der Waals surface area contributed by atoms with E-state index < -0.39 is 11.4 Å². The molecule has 1 amide bonds. The molecule has 1 aromatic heterocycles. The van der Waals surface area contributed by atoms with Gasteiger partial charge in [0, 0.05) is 28.5 Å². The maximum atomic E-state index is 14.8. The molecule has 0 aliphatic carbocycles. The molecule has 3 aromatic rings. The zero-order valence-corrected chi connectivity index (χ0v) is 22.1. The Balaban J connectivity index is 1.67. The molecule has 8 nitrogen and oxygen atoms in total. The Morgan fingerprint density at radius 3 is 2.81 bits per heavy atom. The van der Waals surface area contributed by atoms with E-state index >= 15 is 0 Å². The quantitative estimate of drug-likeness (QED) is 0.368. The predicted molar refractivity (Wildman–Crippen MR) is 139 cm³/mol. The number of ether oxygens (including phenoxy) is 2. The van der Waals surface area contributed by atoms with Gasteiger partial charge in [0.05, 0.1) is 41.9 Å². The Labute approximate surface area is 221 Å². The van der Waals surface area contributed by atoms with Gasteiger partial charge in [0.2, 0.25) is 0 Å². The summed E-state index contributed by atoms with van der Waals surface area (Å²) in [5.74, 6) is -0.352. The van der Waals surface area contributed by atoms with Crippen molar-refractivity contribution in [3.8, 4) is 17.5 Å². The van der Waals surface area contributed by atoms with Crippen molar-refractivity contribution in [2.45, 2.75) is 57.0 Å². The van der Waals surface area contributed by atoms with Crippen molar-refractivity contribution < 1.29 is 18.7 Å². The van der Waals surface area contributed by atoms with Crippen molar-refractivity contribution in [2.24, 2.45) is 0 Å². The summed E-state index contributed by atoms with van der Waals surface area (Å²) in [6.07, 6.45) is 3.63. The highest BCUT2D eigenvalue weighted by atomic mass is 79.9. The van der Waals surface area contributed by atoms with E-state index in [0.717, 1.165) is 25.7 Å². The minimum absolute atomic E-state index is 0.0119. The molecular weight excluding hydrogens is 543 g/mol. The fourth-order valence-electron chi connectivity index (χ4n) is 5.55. The molecule has 2 aliphatic heterocycles. The molecular formula is C27H26BrFN4O4. The first-order chi connectivity index (χ1) is 17.9. The number of unbranched alkanes of at least 4 members (excludes halogenated alkanes) is 1. The van der Waals surface area contributed by atoms with Crippen LogP contribution in [0, 0.1) is 17.1 Å². The number of nitrogens with zero attached hydrogens (tertiary/aromatic N) is 4. The van der Waals surface area contributed by atoms with E-state index in [4.69, 9.17) is 14.5 Å². The second kappa shape index (κ2) is 10.1. The fraction of sp³-hybridized carbons (Fsp3) is 0.407. The van der Waals surface area contributed by atoms with Crippen LogP contribution in [0.25, 0.3) is 16.6 Å². The number of amides is 1. The average molecular weight is 569 g/mol. The number of fused-ring (bicyclic) bond motifs is 3. The highest BCUT2D eigenvalue weighted by molar-refractivity contribution is 9.10. The summed E-state index contributed by atoms with van der Waals surface area (Å²) in [4.78, 5) is 33.6. The average Bonchev–Trinajstić information content (AvgIpc) is 3.47. The molecule has 10 heteroatoms. The van der Waals surface area contributed by atoms with Crippen LogP contribution in [-0.4, -0.2) is 46.3 Å². The zero-order valence-electron chi connectivity index (χ0n) is 20.5. The number of aromatic nitrogens is 2. The third kappa shape index (κ3) is 4.35. The number of hydrogen-bond donors (Lipinski definition) is 0. The Morgan fingerprint density at radius 2 is 2.11 bits per heavy atom. The Morgan fingerprint density at radius 1 is 1.30 bits per heavy atom. The molecule has 2 bridgehead atoms. The van der Waals surface area contributed by atoms with Gasteiger partial charge in [-0.1, -0.05) is 13.3 Å². The van der Waals surface area contributed by atoms with Crippen LogP contribution >= 0.6 is 15.9 Å². The lowest BCUT2D eigenvalue weighted by molar-refractivity contribution is 0.0947.